The van der Waals surface area contributed by atoms with E-state index in [0.717, 1.165) is 0 Å². The number of rotatable bonds is 2. The van der Waals surface area contributed by atoms with Gasteiger partial charge in [0, 0.05) is 0 Å². The zero-order valence-corrected chi connectivity index (χ0v) is 15.3. The van der Waals surface area contributed by atoms with Gasteiger partial charge in [-0.05, 0) is 52.1 Å². The lowest BCUT2D eigenvalue weighted by atomic mass is 9.46. The predicted molar refractivity (Wildman–Crippen MR) is 104 cm³/mol. The molecule has 0 heterocycles. The van der Waals surface area contributed by atoms with Crippen molar-refractivity contribution in [1.29, 1.82) is 0 Å². The van der Waals surface area contributed by atoms with E-state index in [0.29, 0.717) is 10.8 Å². The van der Waals surface area contributed by atoms with Gasteiger partial charge in [0.15, 0.2) is 0 Å². The van der Waals surface area contributed by atoms with E-state index in [1.165, 1.54) is 36.0 Å². The van der Waals surface area contributed by atoms with Crippen LogP contribution in [0.4, 0.5) is 0 Å². The molecule has 1 aliphatic rings. The van der Waals surface area contributed by atoms with Gasteiger partial charge in [0.1, 0.15) is 7.85 Å². The largest absolute Gasteiger partial charge is 0.115 e. The van der Waals surface area contributed by atoms with Crippen molar-refractivity contribution in [3.8, 4) is 11.1 Å². The van der Waals surface area contributed by atoms with E-state index in [-0.39, 0.29) is 5.31 Å². The topological polar surface area (TPSA) is 0 Å². The van der Waals surface area contributed by atoms with Crippen LogP contribution in [0.3, 0.4) is 0 Å². The first-order valence-corrected chi connectivity index (χ1v) is 8.85. The van der Waals surface area contributed by atoms with Gasteiger partial charge in [-0.1, -0.05) is 82.3 Å². The van der Waals surface area contributed by atoms with Crippen molar-refractivity contribution in [1.82, 2.24) is 0 Å². The van der Waals surface area contributed by atoms with Crippen LogP contribution in [0.15, 0.2) is 54.6 Å². The highest BCUT2D eigenvalue weighted by atomic mass is 14.5. The van der Waals surface area contributed by atoms with Gasteiger partial charge < -0.3 is 0 Å². The van der Waals surface area contributed by atoms with Gasteiger partial charge in [-0.3, -0.25) is 0 Å². The van der Waals surface area contributed by atoms with Gasteiger partial charge in [0.05, 0.1) is 0 Å². The summed E-state index contributed by atoms with van der Waals surface area (Å²) in [7, 11) is 2.47. The second kappa shape index (κ2) is 5.55. The maximum atomic E-state index is 2.47. The van der Waals surface area contributed by atoms with E-state index in [4.69, 9.17) is 0 Å². The molecular weight excluding hydrogens is 275 g/mol. The minimum Gasteiger partial charge on any atom is -0.0622 e. The van der Waals surface area contributed by atoms with E-state index in [1.807, 2.05) is 0 Å². The molecule has 0 aliphatic heterocycles. The molecule has 0 nitrogen and oxygen atoms in total. The molecule has 0 aromatic heterocycles. The van der Waals surface area contributed by atoms with Crippen molar-refractivity contribution in [2.45, 2.75) is 52.3 Å². The van der Waals surface area contributed by atoms with Crippen LogP contribution in [0.5, 0.6) is 0 Å². The van der Waals surface area contributed by atoms with Crippen molar-refractivity contribution in [2.75, 3.05) is 0 Å². The zero-order chi connectivity index (χ0) is 16.7. The highest BCUT2D eigenvalue weighted by molar-refractivity contribution is 6.16. The fraction of sp³-hybridized carbons (Fsp3) is 0.455. The zero-order valence-electron chi connectivity index (χ0n) is 15.3. The van der Waals surface area contributed by atoms with Crippen LogP contribution in [0.1, 0.15) is 52.5 Å². The van der Waals surface area contributed by atoms with E-state index in [2.05, 4.69) is 90.1 Å². The Hall–Kier alpha value is -1.50. The maximum absolute atomic E-state index is 2.47. The Morgan fingerprint density at radius 1 is 0.652 bits per heavy atom. The molecule has 0 saturated heterocycles. The van der Waals surface area contributed by atoms with Crippen molar-refractivity contribution in [3.05, 3.63) is 60.2 Å². The molecule has 0 radical (unpaired) electrons. The van der Waals surface area contributed by atoms with Gasteiger partial charge in [-0.2, -0.15) is 0 Å². The molecule has 2 aromatic rings. The summed E-state index contributed by atoms with van der Waals surface area (Å²) in [5.41, 5.74) is 4.93. The Bertz CT molecular complexity index is 649. The lowest BCUT2D eigenvalue weighted by molar-refractivity contribution is 0.0801. The summed E-state index contributed by atoms with van der Waals surface area (Å²) in [5.74, 6) is 0. The fourth-order valence-corrected chi connectivity index (χ4v) is 5.50. The molecule has 23 heavy (non-hydrogen) atoms. The predicted octanol–water partition coefficient (Wildman–Crippen LogP) is 5.42. The molecule has 1 aliphatic carbocycles. The van der Waals surface area contributed by atoms with Gasteiger partial charge in [0.25, 0.3) is 0 Å². The first kappa shape index (κ1) is 16.4. The Morgan fingerprint density at radius 3 is 1.65 bits per heavy atom. The monoisotopic (exact) mass is 304 g/mol. The summed E-state index contributed by atoms with van der Waals surface area (Å²) in [5, 5.41) is 0.278. The third kappa shape index (κ3) is 3.55. The molecule has 0 atom stereocenters. The third-order valence-corrected chi connectivity index (χ3v) is 5.38. The fourth-order valence-electron chi connectivity index (χ4n) is 5.50. The van der Waals surface area contributed by atoms with Crippen LogP contribution in [0.25, 0.3) is 11.1 Å². The molecule has 1 heteroatoms. The second-order valence-corrected chi connectivity index (χ2v) is 9.36. The van der Waals surface area contributed by atoms with Crippen LogP contribution in [-0.4, -0.2) is 7.85 Å². The summed E-state index contributed by atoms with van der Waals surface area (Å²) in [6.45, 7) is 9.74. The average molecular weight is 304 g/mol. The maximum Gasteiger partial charge on any atom is 0.115 e. The summed E-state index contributed by atoms with van der Waals surface area (Å²) in [6.07, 6.45) is 3.86. The van der Waals surface area contributed by atoms with E-state index in [1.54, 1.807) is 0 Å². The highest BCUT2D eigenvalue weighted by Crippen LogP contribution is 2.53. The summed E-state index contributed by atoms with van der Waals surface area (Å²) < 4.78 is 0. The molecule has 1 saturated carbocycles. The molecule has 0 bridgehead atoms. The van der Waals surface area contributed by atoms with Crippen molar-refractivity contribution < 1.29 is 0 Å². The van der Waals surface area contributed by atoms with Crippen LogP contribution in [-0.2, 0) is 5.31 Å². The molecule has 120 valence electrons. The molecule has 2 aromatic carbocycles. The van der Waals surface area contributed by atoms with Gasteiger partial charge in [0.2, 0.25) is 0 Å². The second-order valence-electron chi connectivity index (χ2n) is 9.36. The number of hydrogen-bond acceptors (Lipinski definition) is 0. The normalized spacial score (nSPS) is 21.7. The summed E-state index contributed by atoms with van der Waals surface area (Å²) >= 11 is 0. The Kier molecular flexibility index (Phi) is 3.95. The van der Waals surface area contributed by atoms with Crippen molar-refractivity contribution >= 4 is 7.85 Å². The first-order chi connectivity index (χ1) is 10.7. The van der Waals surface area contributed by atoms with E-state index in [9.17, 15) is 0 Å². The Morgan fingerprint density at radius 2 is 1.13 bits per heavy atom. The molecule has 0 unspecified atom stereocenters. The van der Waals surface area contributed by atoms with Crippen LogP contribution in [0, 0.1) is 10.8 Å². The average Bonchev–Trinajstić information content (AvgIpc) is 2.44. The smallest absolute Gasteiger partial charge is 0.0622 e. The lowest BCUT2D eigenvalue weighted by Crippen LogP contribution is -2.44. The SMILES string of the molecule is BC1(c2ccc(-c3ccccc3)cc2)CC(C)(C)CC(C)(C)C1. The van der Waals surface area contributed by atoms with Gasteiger partial charge in [-0.25, -0.2) is 0 Å². The van der Waals surface area contributed by atoms with Crippen molar-refractivity contribution in [3.63, 3.8) is 0 Å². The number of hydrogen-bond donors (Lipinski definition) is 0. The molecule has 0 spiro atoms. The summed E-state index contributed by atoms with van der Waals surface area (Å²) in [6, 6.07) is 20.0. The number of benzene rings is 2. The van der Waals surface area contributed by atoms with Gasteiger partial charge in [-0.15, -0.1) is 0 Å². The Labute approximate surface area is 142 Å². The highest BCUT2D eigenvalue weighted by Gasteiger charge is 2.45. The molecular formula is C22H29B. The van der Waals surface area contributed by atoms with Crippen LogP contribution >= 0.6 is 0 Å². The summed E-state index contributed by atoms with van der Waals surface area (Å²) in [4.78, 5) is 0. The minimum atomic E-state index is 0.278. The van der Waals surface area contributed by atoms with E-state index < -0.39 is 0 Å². The molecule has 1 fully saturated rings. The van der Waals surface area contributed by atoms with Gasteiger partial charge >= 0.3 is 0 Å². The Balaban J connectivity index is 1.92. The molecule has 3 rings (SSSR count). The van der Waals surface area contributed by atoms with Crippen molar-refractivity contribution in [2.24, 2.45) is 10.8 Å². The standard InChI is InChI=1S/C22H29B/c1-20(2)14-21(3,4)16-22(23,15-20)19-12-10-18(11-13-19)17-8-6-5-7-9-17/h5-13H,14-16,23H2,1-4H3. The minimum absolute atomic E-state index is 0.278. The molecule has 0 N–H and O–H groups in total. The first-order valence-electron chi connectivity index (χ1n) is 8.85. The lowest BCUT2D eigenvalue weighted by Gasteiger charge is -2.51. The quantitative estimate of drug-likeness (QED) is 0.650. The molecule has 0 amide bonds. The van der Waals surface area contributed by atoms with Crippen LogP contribution in [0.2, 0.25) is 0 Å². The van der Waals surface area contributed by atoms with E-state index >= 15 is 0 Å². The van der Waals surface area contributed by atoms with Crippen LogP contribution < -0.4 is 0 Å². The third-order valence-electron chi connectivity index (χ3n) is 5.38.